The Morgan fingerprint density at radius 2 is 1.93 bits per heavy atom. The number of hydrogen-bond acceptors (Lipinski definition) is 7. The molecule has 1 saturated carbocycles. The maximum absolute atomic E-state index is 14.9. The molecule has 0 unspecified atom stereocenters. The van der Waals surface area contributed by atoms with Gasteiger partial charge in [-0.3, -0.25) is 20.6 Å². The second-order valence-corrected chi connectivity index (χ2v) is 8.04. The maximum Gasteiger partial charge on any atom is 0.279 e. The summed E-state index contributed by atoms with van der Waals surface area (Å²) in [6, 6.07) is 3.63. The van der Waals surface area contributed by atoms with E-state index in [9.17, 15) is 9.18 Å². The van der Waals surface area contributed by atoms with E-state index in [4.69, 9.17) is 0 Å². The van der Waals surface area contributed by atoms with Gasteiger partial charge < -0.3 is 9.80 Å². The van der Waals surface area contributed by atoms with E-state index in [1.807, 2.05) is 13.0 Å². The van der Waals surface area contributed by atoms with Crippen LogP contribution in [-0.2, 0) is 0 Å². The molecule has 2 fully saturated rings. The molecular formula is C20H26FN7O. The SMILES string of the molecule is CCN1CCN(c2nc3c(c(=O)[nH]2)NN(c2c(C)cc(C4CC4)cc2F)N3)CC1. The molecule has 0 atom stereocenters. The van der Waals surface area contributed by atoms with E-state index in [0.717, 1.165) is 56.7 Å². The number of hydrogen-bond donors (Lipinski definition) is 3. The Kier molecular flexibility index (Phi) is 4.34. The Balaban J connectivity index is 1.40. The lowest BCUT2D eigenvalue weighted by atomic mass is 10.1. The summed E-state index contributed by atoms with van der Waals surface area (Å²) in [6.45, 7) is 8.54. The first-order valence-corrected chi connectivity index (χ1v) is 10.3. The van der Waals surface area contributed by atoms with E-state index in [1.165, 1.54) is 5.12 Å². The molecule has 3 heterocycles. The zero-order valence-electron chi connectivity index (χ0n) is 16.8. The summed E-state index contributed by atoms with van der Waals surface area (Å²) >= 11 is 0. The quantitative estimate of drug-likeness (QED) is 0.729. The van der Waals surface area contributed by atoms with Gasteiger partial charge in [0.15, 0.2) is 17.3 Å². The Morgan fingerprint density at radius 1 is 1.17 bits per heavy atom. The molecule has 1 aromatic heterocycles. The smallest absolute Gasteiger partial charge is 0.279 e. The fourth-order valence-corrected chi connectivity index (χ4v) is 4.13. The number of hydrazine groups is 2. The zero-order chi connectivity index (χ0) is 20.1. The number of halogens is 1. The maximum atomic E-state index is 14.9. The normalized spacial score (nSPS) is 19.1. The van der Waals surface area contributed by atoms with Gasteiger partial charge in [-0.15, -0.1) is 0 Å². The molecule has 3 N–H and O–H groups in total. The number of benzene rings is 1. The molecule has 3 aliphatic rings. The number of fused-ring (bicyclic) bond motifs is 1. The van der Waals surface area contributed by atoms with Crippen LogP contribution in [-0.4, -0.2) is 47.6 Å². The molecule has 8 nitrogen and oxygen atoms in total. The lowest BCUT2D eigenvalue weighted by Crippen LogP contribution is -2.47. The van der Waals surface area contributed by atoms with Crippen molar-refractivity contribution in [3.8, 4) is 0 Å². The van der Waals surface area contributed by atoms with Gasteiger partial charge >= 0.3 is 0 Å². The average molecular weight is 399 g/mol. The third-order valence-corrected chi connectivity index (χ3v) is 6.02. The van der Waals surface area contributed by atoms with Crippen molar-refractivity contribution in [2.45, 2.75) is 32.6 Å². The molecule has 9 heteroatoms. The van der Waals surface area contributed by atoms with Crippen molar-refractivity contribution in [3.63, 3.8) is 0 Å². The summed E-state index contributed by atoms with van der Waals surface area (Å²) in [5.74, 6) is 1.12. The molecule has 5 rings (SSSR count). The van der Waals surface area contributed by atoms with Gasteiger partial charge in [0, 0.05) is 26.2 Å². The Labute approximate surface area is 168 Å². The van der Waals surface area contributed by atoms with Crippen molar-refractivity contribution in [1.82, 2.24) is 14.9 Å². The number of aromatic amines is 1. The third kappa shape index (κ3) is 3.29. The van der Waals surface area contributed by atoms with Crippen molar-refractivity contribution in [1.29, 1.82) is 0 Å². The molecule has 1 aliphatic carbocycles. The third-order valence-electron chi connectivity index (χ3n) is 6.02. The van der Waals surface area contributed by atoms with Crippen molar-refractivity contribution in [2.75, 3.05) is 53.6 Å². The fourth-order valence-electron chi connectivity index (χ4n) is 4.13. The first-order valence-electron chi connectivity index (χ1n) is 10.3. The first-order chi connectivity index (χ1) is 14.0. The van der Waals surface area contributed by atoms with E-state index in [2.05, 4.69) is 37.5 Å². The van der Waals surface area contributed by atoms with Gasteiger partial charge in [-0.05, 0) is 49.4 Å². The molecule has 2 aromatic rings. The summed E-state index contributed by atoms with van der Waals surface area (Å²) in [4.78, 5) is 24.5. The van der Waals surface area contributed by atoms with Gasteiger partial charge in [-0.25, -0.2) is 4.39 Å². The summed E-state index contributed by atoms with van der Waals surface area (Å²) in [7, 11) is 0. The van der Waals surface area contributed by atoms with Crippen LogP contribution >= 0.6 is 0 Å². The van der Waals surface area contributed by atoms with E-state index >= 15 is 0 Å². The zero-order valence-corrected chi connectivity index (χ0v) is 16.8. The monoisotopic (exact) mass is 399 g/mol. The van der Waals surface area contributed by atoms with Gasteiger partial charge in [0.25, 0.3) is 5.56 Å². The van der Waals surface area contributed by atoms with E-state index in [-0.39, 0.29) is 11.4 Å². The molecule has 154 valence electrons. The number of nitrogens with zero attached hydrogens (tertiary/aromatic N) is 4. The van der Waals surface area contributed by atoms with Crippen molar-refractivity contribution in [2.24, 2.45) is 0 Å². The van der Waals surface area contributed by atoms with Crippen molar-refractivity contribution in [3.05, 3.63) is 39.4 Å². The lowest BCUT2D eigenvalue weighted by Gasteiger charge is -2.34. The molecule has 1 saturated heterocycles. The molecule has 0 bridgehead atoms. The first kappa shape index (κ1) is 18.2. The van der Waals surface area contributed by atoms with Gasteiger partial charge in [0.05, 0.1) is 0 Å². The van der Waals surface area contributed by atoms with Crippen LogP contribution in [0.1, 0.15) is 36.8 Å². The van der Waals surface area contributed by atoms with Crippen LogP contribution in [0, 0.1) is 12.7 Å². The largest absolute Gasteiger partial charge is 0.340 e. The van der Waals surface area contributed by atoms with Gasteiger partial charge in [0.1, 0.15) is 5.69 Å². The number of nitrogens with one attached hydrogen (secondary N) is 3. The number of anilines is 4. The van der Waals surface area contributed by atoms with E-state index in [1.54, 1.807) is 6.07 Å². The van der Waals surface area contributed by atoms with Gasteiger partial charge in [-0.2, -0.15) is 10.1 Å². The molecule has 29 heavy (non-hydrogen) atoms. The predicted molar refractivity (Wildman–Crippen MR) is 112 cm³/mol. The number of rotatable bonds is 4. The predicted octanol–water partition coefficient (Wildman–Crippen LogP) is 2.41. The standard InChI is InChI=1S/C20H26FN7O/c1-3-26-6-8-27(9-7-26)20-22-18-16(19(29)23-20)24-28(25-18)17-12(2)10-14(11-15(17)21)13-4-5-13/h10-11,13,24H,3-9H2,1-2H3,(H2,22,23,25,29). The summed E-state index contributed by atoms with van der Waals surface area (Å²) < 4.78 is 14.9. The van der Waals surface area contributed by atoms with Crippen LogP contribution in [0.3, 0.4) is 0 Å². The van der Waals surface area contributed by atoms with Crippen LogP contribution < -0.4 is 26.4 Å². The van der Waals surface area contributed by atoms with Crippen LogP contribution in [0.25, 0.3) is 0 Å². The highest BCUT2D eigenvalue weighted by molar-refractivity contribution is 5.77. The van der Waals surface area contributed by atoms with Gasteiger partial charge in [-0.1, -0.05) is 13.0 Å². The summed E-state index contributed by atoms with van der Waals surface area (Å²) in [6.07, 6.45) is 2.25. The molecular weight excluding hydrogens is 373 g/mol. The van der Waals surface area contributed by atoms with Crippen molar-refractivity contribution < 1.29 is 4.39 Å². The fraction of sp³-hybridized carbons (Fsp3) is 0.500. The van der Waals surface area contributed by atoms with Crippen LogP contribution in [0.5, 0.6) is 0 Å². The minimum atomic E-state index is -0.313. The Hall–Kier alpha value is -2.81. The number of piperazine rings is 1. The summed E-state index contributed by atoms with van der Waals surface area (Å²) in [5.41, 5.74) is 8.27. The minimum absolute atomic E-state index is 0.273. The highest BCUT2D eigenvalue weighted by Crippen LogP contribution is 2.42. The van der Waals surface area contributed by atoms with Gasteiger partial charge in [0.2, 0.25) is 5.95 Å². The second kappa shape index (κ2) is 6.91. The van der Waals surface area contributed by atoms with Crippen molar-refractivity contribution >= 4 is 23.1 Å². The summed E-state index contributed by atoms with van der Waals surface area (Å²) in [5, 5.41) is 1.45. The van der Waals surface area contributed by atoms with Crippen LogP contribution in [0.15, 0.2) is 16.9 Å². The Morgan fingerprint density at radius 3 is 2.59 bits per heavy atom. The highest BCUT2D eigenvalue weighted by atomic mass is 19.1. The number of aryl methyl sites for hydroxylation is 1. The topological polar surface area (TPSA) is 79.5 Å². The van der Waals surface area contributed by atoms with Crippen LogP contribution in [0.4, 0.5) is 27.5 Å². The van der Waals surface area contributed by atoms with E-state index in [0.29, 0.717) is 29.1 Å². The molecule has 0 spiro atoms. The molecule has 0 amide bonds. The number of H-pyrrole nitrogens is 1. The molecule has 2 aliphatic heterocycles. The highest BCUT2D eigenvalue weighted by Gasteiger charge is 2.30. The second-order valence-electron chi connectivity index (χ2n) is 8.04. The van der Waals surface area contributed by atoms with Crippen LogP contribution in [0.2, 0.25) is 0 Å². The Bertz CT molecular complexity index is 972. The number of likely N-dealkylation sites (N-methyl/N-ethyl adjacent to an activating group) is 1. The average Bonchev–Trinajstić information content (AvgIpc) is 3.47. The lowest BCUT2D eigenvalue weighted by molar-refractivity contribution is 0.270. The number of aromatic nitrogens is 2. The molecule has 1 aromatic carbocycles. The minimum Gasteiger partial charge on any atom is -0.340 e. The van der Waals surface area contributed by atoms with E-state index < -0.39 is 0 Å². The molecule has 0 radical (unpaired) electrons.